The fourth-order valence-corrected chi connectivity index (χ4v) is 2.77. The molecule has 104 valence electrons. The number of nitrogens with two attached hydrogens (primary N) is 2. The van der Waals surface area contributed by atoms with Crippen LogP contribution < -0.4 is 11.5 Å². The standard InChI is InChI=1S/C16H15N5/c17-14(18)10-8-13-12(6-7-21-13)16(9-10,15(19)20)11-4-2-1-3-5-11/h1-9H,(H3,17,18)(H3,19,20). The lowest BCUT2D eigenvalue weighted by Crippen LogP contribution is -2.43. The maximum atomic E-state index is 8.16. The van der Waals surface area contributed by atoms with E-state index in [-0.39, 0.29) is 11.7 Å². The second kappa shape index (κ2) is 4.56. The number of rotatable bonds is 3. The number of allylic oxidation sites excluding steroid dienone is 2. The summed E-state index contributed by atoms with van der Waals surface area (Å²) in [5, 5.41) is 15.9. The van der Waals surface area contributed by atoms with Gasteiger partial charge in [0.1, 0.15) is 11.7 Å². The Morgan fingerprint density at radius 1 is 1.10 bits per heavy atom. The second-order valence-electron chi connectivity index (χ2n) is 4.99. The van der Waals surface area contributed by atoms with E-state index in [1.807, 2.05) is 36.4 Å². The first kappa shape index (κ1) is 13.1. The molecular formula is C16H15N5. The van der Waals surface area contributed by atoms with Gasteiger partial charge in [-0.05, 0) is 17.7 Å². The number of nitrogens with one attached hydrogen (secondary N) is 2. The highest BCUT2D eigenvalue weighted by atomic mass is 14.8. The van der Waals surface area contributed by atoms with E-state index in [4.69, 9.17) is 22.3 Å². The average molecular weight is 277 g/mol. The predicted octanol–water partition coefficient (Wildman–Crippen LogP) is 1.63. The van der Waals surface area contributed by atoms with Gasteiger partial charge in [0.25, 0.3) is 0 Å². The minimum atomic E-state index is -0.928. The van der Waals surface area contributed by atoms with Crippen molar-refractivity contribution in [3.05, 3.63) is 71.0 Å². The Balaban J connectivity index is 2.31. The largest absolute Gasteiger partial charge is 0.386 e. The third kappa shape index (κ3) is 1.82. The Hall–Kier alpha value is -2.95. The van der Waals surface area contributed by atoms with E-state index in [2.05, 4.69) is 4.99 Å². The van der Waals surface area contributed by atoms with Gasteiger partial charge in [-0.3, -0.25) is 15.8 Å². The molecule has 3 rings (SSSR count). The molecule has 1 aromatic rings. The Morgan fingerprint density at radius 3 is 2.43 bits per heavy atom. The monoisotopic (exact) mass is 277 g/mol. The number of amidine groups is 2. The van der Waals surface area contributed by atoms with E-state index in [0.717, 1.165) is 11.1 Å². The SMILES string of the molecule is N=C(N)C1=CC(C(=N)N)(c2ccccc2)C2=CC=NC2=C1. The van der Waals surface area contributed by atoms with Gasteiger partial charge in [0.2, 0.25) is 0 Å². The molecular weight excluding hydrogens is 262 g/mol. The first-order chi connectivity index (χ1) is 10.1. The van der Waals surface area contributed by atoms with Crippen LogP contribution in [0, 0.1) is 10.8 Å². The molecule has 6 N–H and O–H groups in total. The Morgan fingerprint density at radius 2 is 1.81 bits per heavy atom. The van der Waals surface area contributed by atoms with Gasteiger partial charge >= 0.3 is 0 Å². The summed E-state index contributed by atoms with van der Waals surface area (Å²) in [6.07, 6.45) is 7.06. The second-order valence-corrected chi connectivity index (χ2v) is 4.99. The molecule has 5 heteroatoms. The first-order valence-electron chi connectivity index (χ1n) is 6.50. The van der Waals surface area contributed by atoms with Crippen LogP contribution in [0.4, 0.5) is 0 Å². The maximum absolute atomic E-state index is 8.16. The third-order valence-electron chi connectivity index (χ3n) is 3.78. The number of benzene rings is 1. The lowest BCUT2D eigenvalue weighted by atomic mass is 9.68. The van der Waals surface area contributed by atoms with E-state index in [1.54, 1.807) is 18.4 Å². The van der Waals surface area contributed by atoms with Gasteiger partial charge in [-0.15, -0.1) is 0 Å². The number of fused-ring (bicyclic) bond motifs is 1. The molecule has 0 aromatic heterocycles. The summed E-state index contributed by atoms with van der Waals surface area (Å²) < 4.78 is 0. The summed E-state index contributed by atoms with van der Waals surface area (Å²) in [6, 6.07) is 9.53. The number of hydrogen-bond acceptors (Lipinski definition) is 3. The summed E-state index contributed by atoms with van der Waals surface area (Å²) in [5.41, 5.74) is 13.6. The van der Waals surface area contributed by atoms with E-state index >= 15 is 0 Å². The van der Waals surface area contributed by atoms with Crippen molar-refractivity contribution in [1.29, 1.82) is 10.8 Å². The van der Waals surface area contributed by atoms with E-state index in [9.17, 15) is 0 Å². The van der Waals surface area contributed by atoms with Crippen molar-refractivity contribution in [3.63, 3.8) is 0 Å². The molecule has 2 aliphatic rings. The van der Waals surface area contributed by atoms with Gasteiger partial charge in [0, 0.05) is 17.4 Å². The first-order valence-corrected chi connectivity index (χ1v) is 6.50. The molecule has 0 saturated carbocycles. The van der Waals surface area contributed by atoms with Crippen LogP contribution in [-0.4, -0.2) is 17.9 Å². The van der Waals surface area contributed by atoms with Crippen molar-refractivity contribution in [2.75, 3.05) is 0 Å². The molecule has 1 aromatic carbocycles. The van der Waals surface area contributed by atoms with Gasteiger partial charge in [-0.2, -0.15) is 0 Å². The molecule has 21 heavy (non-hydrogen) atoms. The molecule has 1 aliphatic heterocycles. The number of nitrogens with zero attached hydrogens (tertiary/aromatic N) is 1. The van der Waals surface area contributed by atoms with Crippen LogP contribution in [0.5, 0.6) is 0 Å². The van der Waals surface area contributed by atoms with Gasteiger partial charge < -0.3 is 11.5 Å². The number of hydrogen-bond donors (Lipinski definition) is 4. The smallest absolute Gasteiger partial charge is 0.122 e. The van der Waals surface area contributed by atoms with Crippen LogP contribution in [0.25, 0.3) is 0 Å². The van der Waals surface area contributed by atoms with Crippen LogP contribution in [0.1, 0.15) is 5.56 Å². The van der Waals surface area contributed by atoms with E-state index < -0.39 is 5.41 Å². The average Bonchev–Trinajstić information content (AvgIpc) is 2.95. The van der Waals surface area contributed by atoms with Crippen LogP contribution in [0.15, 0.2) is 70.4 Å². The van der Waals surface area contributed by atoms with Crippen molar-refractivity contribution >= 4 is 17.9 Å². The van der Waals surface area contributed by atoms with Gasteiger partial charge in [-0.1, -0.05) is 36.4 Å². The van der Waals surface area contributed by atoms with Crippen LogP contribution in [0.2, 0.25) is 0 Å². The molecule has 0 radical (unpaired) electrons. The molecule has 5 nitrogen and oxygen atoms in total. The van der Waals surface area contributed by atoms with Crippen molar-refractivity contribution < 1.29 is 0 Å². The molecule has 1 aliphatic carbocycles. The minimum absolute atomic E-state index is 0.0187. The zero-order valence-electron chi connectivity index (χ0n) is 11.3. The number of aliphatic imine (C=N–C) groups is 1. The summed E-state index contributed by atoms with van der Waals surface area (Å²) in [7, 11) is 0. The van der Waals surface area contributed by atoms with Crippen LogP contribution in [-0.2, 0) is 5.41 Å². The molecule has 0 amide bonds. The lowest BCUT2D eigenvalue weighted by Gasteiger charge is -2.35. The third-order valence-corrected chi connectivity index (χ3v) is 3.78. The summed E-state index contributed by atoms with van der Waals surface area (Å²) in [4.78, 5) is 4.29. The summed E-state index contributed by atoms with van der Waals surface area (Å²) in [5.74, 6) is -0.0833. The highest BCUT2D eigenvalue weighted by molar-refractivity contribution is 6.05. The molecule has 1 heterocycles. The van der Waals surface area contributed by atoms with Crippen molar-refractivity contribution in [1.82, 2.24) is 0 Å². The van der Waals surface area contributed by atoms with Gasteiger partial charge in [0.05, 0.1) is 11.1 Å². The highest BCUT2D eigenvalue weighted by Crippen LogP contribution is 2.43. The topological polar surface area (TPSA) is 112 Å². The molecule has 1 unspecified atom stereocenters. The highest BCUT2D eigenvalue weighted by Gasteiger charge is 2.42. The normalized spacial score (nSPS) is 23.0. The van der Waals surface area contributed by atoms with Crippen LogP contribution in [0.3, 0.4) is 0 Å². The van der Waals surface area contributed by atoms with Crippen molar-refractivity contribution in [2.45, 2.75) is 5.41 Å². The Labute approximate surface area is 122 Å². The molecule has 0 saturated heterocycles. The molecule has 1 atom stereocenters. The minimum Gasteiger partial charge on any atom is -0.386 e. The van der Waals surface area contributed by atoms with E-state index in [0.29, 0.717) is 11.3 Å². The summed E-state index contributed by atoms with van der Waals surface area (Å²) >= 11 is 0. The lowest BCUT2D eigenvalue weighted by molar-refractivity contribution is 0.820. The predicted molar refractivity (Wildman–Crippen MR) is 84.7 cm³/mol. The zero-order chi connectivity index (χ0) is 15.0. The van der Waals surface area contributed by atoms with Gasteiger partial charge in [-0.25, -0.2) is 0 Å². The molecule has 0 fully saturated rings. The fraction of sp³-hybridized carbons (Fsp3) is 0.0625. The zero-order valence-corrected chi connectivity index (χ0v) is 11.3. The van der Waals surface area contributed by atoms with Gasteiger partial charge in [0.15, 0.2) is 0 Å². The van der Waals surface area contributed by atoms with Crippen molar-refractivity contribution in [3.8, 4) is 0 Å². The van der Waals surface area contributed by atoms with Crippen molar-refractivity contribution in [2.24, 2.45) is 16.5 Å². The Bertz CT molecular complexity index is 752. The molecule has 0 bridgehead atoms. The van der Waals surface area contributed by atoms with E-state index in [1.165, 1.54) is 0 Å². The quantitative estimate of drug-likeness (QED) is 0.497. The summed E-state index contributed by atoms with van der Waals surface area (Å²) in [6.45, 7) is 0. The van der Waals surface area contributed by atoms with Crippen LogP contribution >= 0.6 is 0 Å². The Kier molecular flexibility index (Phi) is 2.83. The maximum Gasteiger partial charge on any atom is 0.122 e. The molecule has 0 spiro atoms. The fourth-order valence-electron chi connectivity index (χ4n) is 2.77.